The molecule has 0 aliphatic rings. The molecule has 0 aromatic heterocycles. The highest BCUT2D eigenvalue weighted by atomic mass is 32.2. The maximum absolute atomic E-state index is 12.1. The lowest BCUT2D eigenvalue weighted by Gasteiger charge is -2.11. The maximum atomic E-state index is 12.1. The topological polar surface area (TPSA) is 80.5 Å². The molecule has 0 aliphatic heterocycles. The SMILES string of the molecule is Cc1cc(N)ccc1S(=O)(=O)CCC(=O)N(C)C. The van der Waals surface area contributed by atoms with E-state index >= 15 is 0 Å². The molecule has 5 nitrogen and oxygen atoms in total. The fraction of sp³-hybridized carbons (Fsp3) is 0.417. The molecule has 0 heterocycles. The standard InChI is InChI=1S/C12H18N2O3S/c1-9-8-10(13)4-5-11(9)18(16,17)7-6-12(15)14(2)3/h4-5,8H,6-7,13H2,1-3H3. The largest absolute Gasteiger partial charge is 0.399 e. The number of aryl methyl sites for hydroxylation is 1. The predicted octanol–water partition coefficient (Wildman–Crippen LogP) is 0.829. The van der Waals surface area contributed by atoms with Crippen LogP contribution in [-0.4, -0.2) is 39.1 Å². The minimum atomic E-state index is -3.44. The number of nitrogens with zero attached hydrogens (tertiary/aromatic N) is 1. The smallest absolute Gasteiger partial charge is 0.223 e. The highest BCUT2D eigenvalue weighted by Crippen LogP contribution is 2.19. The van der Waals surface area contributed by atoms with E-state index in [1.807, 2.05) is 0 Å². The zero-order valence-corrected chi connectivity index (χ0v) is 11.6. The number of carbonyl (C=O) groups is 1. The van der Waals surface area contributed by atoms with Crippen molar-refractivity contribution in [2.24, 2.45) is 0 Å². The van der Waals surface area contributed by atoms with Gasteiger partial charge in [0.1, 0.15) is 0 Å². The molecule has 0 unspecified atom stereocenters. The quantitative estimate of drug-likeness (QED) is 0.822. The third-order valence-electron chi connectivity index (χ3n) is 2.62. The second-order valence-electron chi connectivity index (χ2n) is 4.38. The van der Waals surface area contributed by atoms with E-state index in [0.29, 0.717) is 11.3 Å². The molecule has 0 saturated carbocycles. The first-order chi connectivity index (χ1) is 8.24. The lowest BCUT2D eigenvalue weighted by molar-refractivity contribution is -0.128. The third kappa shape index (κ3) is 3.46. The minimum absolute atomic E-state index is 0.0147. The highest BCUT2D eigenvalue weighted by Gasteiger charge is 2.19. The molecule has 6 heteroatoms. The Kier molecular flexibility index (Phi) is 4.34. The lowest BCUT2D eigenvalue weighted by atomic mass is 10.2. The van der Waals surface area contributed by atoms with Gasteiger partial charge in [-0.3, -0.25) is 4.79 Å². The van der Waals surface area contributed by atoms with Gasteiger partial charge < -0.3 is 10.6 Å². The van der Waals surface area contributed by atoms with E-state index in [1.54, 1.807) is 33.2 Å². The Balaban J connectivity index is 2.90. The van der Waals surface area contributed by atoms with Gasteiger partial charge in [0.25, 0.3) is 0 Å². The van der Waals surface area contributed by atoms with Crippen molar-refractivity contribution in [2.45, 2.75) is 18.2 Å². The summed E-state index contributed by atoms with van der Waals surface area (Å²) in [5, 5.41) is 0. The molecular formula is C12H18N2O3S. The minimum Gasteiger partial charge on any atom is -0.399 e. The van der Waals surface area contributed by atoms with Crippen LogP contribution < -0.4 is 5.73 Å². The number of nitrogen functional groups attached to an aromatic ring is 1. The Labute approximate surface area is 108 Å². The fourth-order valence-electron chi connectivity index (χ4n) is 1.58. The zero-order valence-electron chi connectivity index (χ0n) is 10.8. The van der Waals surface area contributed by atoms with Gasteiger partial charge in [0.2, 0.25) is 5.91 Å². The molecule has 18 heavy (non-hydrogen) atoms. The summed E-state index contributed by atoms with van der Waals surface area (Å²) < 4.78 is 24.2. The van der Waals surface area contributed by atoms with Gasteiger partial charge in [0, 0.05) is 26.2 Å². The van der Waals surface area contributed by atoms with Gasteiger partial charge in [0.15, 0.2) is 9.84 Å². The maximum Gasteiger partial charge on any atom is 0.223 e. The number of anilines is 1. The van der Waals surface area contributed by atoms with Gasteiger partial charge in [-0.2, -0.15) is 0 Å². The highest BCUT2D eigenvalue weighted by molar-refractivity contribution is 7.91. The second-order valence-corrected chi connectivity index (χ2v) is 6.46. The molecule has 0 saturated heterocycles. The van der Waals surface area contributed by atoms with E-state index in [2.05, 4.69) is 0 Å². The fourth-order valence-corrected chi connectivity index (χ4v) is 3.06. The van der Waals surface area contributed by atoms with Crippen molar-refractivity contribution in [3.05, 3.63) is 23.8 Å². The number of hydrogen-bond acceptors (Lipinski definition) is 4. The van der Waals surface area contributed by atoms with Crippen molar-refractivity contribution in [3.63, 3.8) is 0 Å². The number of rotatable bonds is 4. The molecule has 0 radical (unpaired) electrons. The van der Waals surface area contributed by atoms with Gasteiger partial charge in [0.05, 0.1) is 10.6 Å². The van der Waals surface area contributed by atoms with Crippen LogP contribution in [0.25, 0.3) is 0 Å². The summed E-state index contributed by atoms with van der Waals surface area (Å²) in [6, 6.07) is 4.65. The number of amides is 1. The van der Waals surface area contributed by atoms with Crippen LogP contribution in [0.5, 0.6) is 0 Å². The molecule has 100 valence electrons. The first kappa shape index (κ1) is 14.5. The first-order valence-corrected chi connectivity index (χ1v) is 7.18. The monoisotopic (exact) mass is 270 g/mol. The van der Waals surface area contributed by atoms with E-state index in [0.717, 1.165) is 0 Å². The number of hydrogen-bond donors (Lipinski definition) is 1. The summed E-state index contributed by atoms with van der Waals surface area (Å²) in [6.45, 7) is 1.69. The van der Waals surface area contributed by atoms with Gasteiger partial charge in [-0.25, -0.2) is 8.42 Å². The van der Waals surface area contributed by atoms with Gasteiger partial charge >= 0.3 is 0 Å². The van der Waals surface area contributed by atoms with Crippen LogP contribution in [-0.2, 0) is 14.6 Å². The van der Waals surface area contributed by atoms with Crippen molar-refractivity contribution < 1.29 is 13.2 Å². The predicted molar refractivity (Wildman–Crippen MR) is 71.0 cm³/mol. The Morgan fingerprint density at radius 3 is 2.44 bits per heavy atom. The average Bonchev–Trinajstić information content (AvgIpc) is 2.25. The molecule has 0 aliphatic carbocycles. The second kappa shape index (κ2) is 5.39. The van der Waals surface area contributed by atoms with Crippen molar-refractivity contribution in [1.82, 2.24) is 4.90 Å². The van der Waals surface area contributed by atoms with E-state index in [4.69, 9.17) is 5.73 Å². The number of nitrogens with two attached hydrogens (primary N) is 1. The van der Waals surface area contributed by atoms with Crippen molar-refractivity contribution >= 4 is 21.4 Å². The molecule has 0 bridgehead atoms. The van der Waals surface area contributed by atoms with Crippen LogP contribution in [0.4, 0.5) is 5.69 Å². The van der Waals surface area contributed by atoms with Crippen LogP contribution in [0.2, 0.25) is 0 Å². The van der Waals surface area contributed by atoms with E-state index < -0.39 is 9.84 Å². The Morgan fingerprint density at radius 2 is 1.94 bits per heavy atom. The van der Waals surface area contributed by atoms with E-state index in [9.17, 15) is 13.2 Å². The van der Waals surface area contributed by atoms with Crippen LogP contribution in [0.1, 0.15) is 12.0 Å². The number of benzene rings is 1. The first-order valence-electron chi connectivity index (χ1n) is 5.53. The summed E-state index contributed by atoms with van der Waals surface area (Å²) >= 11 is 0. The lowest BCUT2D eigenvalue weighted by Crippen LogP contribution is -2.24. The Morgan fingerprint density at radius 1 is 1.33 bits per heavy atom. The summed E-state index contributed by atoms with van der Waals surface area (Å²) in [6.07, 6.45) is -0.0147. The van der Waals surface area contributed by atoms with E-state index in [-0.39, 0.29) is 23.0 Å². The average molecular weight is 270 g/mol. The molecule has 0 fully saturated rings. The molecule has 1 amide bonds. The van der Waals surface area contributed by atoms with Crippen molar-refractivity contribution in [2.75, 3.05) is 25.6 Å². The van der Waals surface area contributed by atoms with Gasteiger partial charge in [-0.1, -0.05) is 0 Å². The van der Waals surface area contributed by atoms with Gasteiger partial charge in [-0.05, 0) is 30.7 Å². The molecular weight excluding hydrogens is 252 g/mol. The summed E-state index contributed by atoms with van der Waals surface area (Å²) in [4.78, 5) is 13.0. The Bertz CT molecular complexity index is 550. The molecule has 1 aromatic carbocycles. The Hall–Kier alpha value is -1.56. The third-order valence-corrected chi connectivity index (χ3v) is 4.49. The van der Waals surface area contributed by atoms with Crippen molar-refractivity contribution in [3.8, 4) is 0 Å². The number of sulfone groups is 1. The molecule has 0 spiro atoms. The summed E-state index contributed by atoms with van der Waals surface area (Å²) in [5.74, 6) is -0.388. The summed E-state index contributed by atoms with van der Waals surface area (Å²) in [5.41, 5.74) is 6.70. The van der Waals surface area contributed by atoms with Gasteiger partial charge in [-0.15, -0.1) is 0 Å². The summed E-state index contributed by atoms with van der Waals surface area (Å²) in [7, 11) is -0.238. The van der Waals surface area contributed by atoms with Crippen LogP contribution in [0, 0.1) is 6.92 Å². The normalized spacial score (nSPS) is 11.3. The van der Waals surface area contributed by atoms with Crippen LogP contribution in [0.3, 0.4) is 0 Å². The molecule has 1 rings (SSSR count). The van der Waals surface area contributed by atoms with Crippen molar-refractivity contribution in [1.29, 1.82) is 0 Å². The molecule has 2 N–H and O–H groups in total. The van der Waals surface area contributed by atoms with E-state index in [1.165, 1.54) is 11.0 Å². The van der Waals surface area contributed by atoms with Crippen LogP contribution in [0.15, 0.2) is 23.1 Å². The zero-order chi connectivity index (χ0) is 13.9. The van der Waals surface area contributed by atoms with Crippen LogP contribution >= 0.6 is 0 Å². The molecule has 0 atom stereocenters. The number of carbonyl (C=O) groups excluding carboxylic acids is 1. The molecule has 1 aromatic rings.